The van der Waals surface area contributed by atoms with Gasteiger partial charge in [-0.2, -0.15) is 5.26 Å². The Morgan fingerprint density at radius 1 is 1.17 bits per heavy atom. The topological polar surface area (TPSA) is 90.2 Å². The molecule has 0 saturated heterocycles. The van der Waals surface area contributed by atoms with Gasteiger partial charge in [0, 0.05) is 6.42 Å². The summed E-state index contributed by atoms with van der Waals surface area (Å²) in [5.41, 5.74) is 1.41. The van der Waals surface area contributed by atoms with Crippen LogP contribution >= 0.6 is 11.6 Å². The molecule has 5 nitrogen and oxygen atoms in total. The zero-order valence-electron chi connectivity index (χ0n) is 12.0. The van der Waals surface area contributed by atoms with Crippen molar-refractivity contribution in [2.75, 3.05) is 0 Å². The number of nitrogens with one attached hydrogen (secondary N) is 1. The molecule has 0 aliphatic heterocycles. The molecule has 2 rings (SSSR count). The van der Waals surface area contributed by atoms with Crippen molar-refractivity contribution in [3.05, 3.63) is 70.2 Å². The Labute approximate surface area is 138 Å². The van der Waals surface area contributed by atoms with Crippen molar-refractivity contribution in [1.82, 2.24) is 5.32 Å². The van der Waals surface area contributed by atoms with Crippen LogP contribution in [0.5, 0.6) is 0 Å². The molecule has 2 aromatic carbocycles. The Morgan fingerprint density at radius 2 is 1.83 bits per heavy atom. The number of carboxylic acids is 1. The standard InChI is InChI=1S/C17H13ClN2O3/c18-14-4-2-1-3-13(14)16(21)20-15(17(22)23)9-11-5-7-12(10-19)8-6-11/h1-8,15H,9H2,(H,20,21)(H,22,23)/t15-/m0/s1. The van der Waals surface area contributed by atoms with Crippen LogP contribution in [0.25, 0.3) is 0 Å². The van der Waals surface area contributed by atoms with Gasteiger partial charge in [0.2, 0.25) is 0 Å². The first-order valence-electron chi connectivity index (χ1n) is 6.78. The molecule has 0 bridgehead atoms. The van der Waals surface area contributed by atoms with Gasteiger partial charge in [-0.15, -0.1) is 0 Å². The number of nitrogens with zero attached hydrogens (tertiary/aromatic N) is 1. The zero-order valence-corrected chi connectivity index (χ0v) is 12.7. The molecule has 0 aliphatic rings. The van der Waals surface area contributed by atoms with E-state index in [0.717, 1.165) is 0 Å². The third kappa shape index (κ3) is 4.31. The number of hydrogen-bond donors (Lipinski definition) is 2. The van der Waals surface area contributed by atoms with Crippen LogP contribution in [0.4, 0.5) is 0 Å². The van der Waals surface area contributed by atoms with E-state index in [1.807, 2.05) is 6.07 Å². The summed E-state index contributed by atoms with van der Waals surface area (Å²) in [5, 5.41) is 20.8. The number of aliphatic carboxylic acids is 1. The van der Waals surface area contributed by atoms with Gasteiger partial charge in [-0.1, -0.05) is 35.9 Å². The Morgan fingerprint density at radius 3 is 2.39 bits per heavy atom. The van der Waals surface area contributed by atoms with Crippen LogP contribution in [0.2, 0.25) is 5.02 Å². The minimum atomic E-state index is -1.14. The Kier molecular flexibility index (Phi) is 5.34. The molecule has 0 aliphatic carbocycles. The van der Waals surface area contributed by atoms with E-state index in [9.17, 15) is 14.7 Å². The molecular formula is C17H13ClN2O3. The average Bonchev–Trinajstić information content (AvgIpc) is 2.55. The SMILES string of the molecule is N#Cc1ccc(C[C@H](NC(=O)c2ccccc2Cl)C(=O)O)cc1. The molecule has 116 valence electrons. The number of carbonyl (C=O) groups excluding carboxylic acids is 1. The normalized spacial score (nSPS) is 11.3. The maximum absolute atomic E-state index is 12.2. The lowest BCUT2D eigenvalue weighted by atomic mass is 10.0. The Bertz CT molecular complexity index is 766. The van der Waals surface area contributed by atoms with Gasteiger partial charge in [-0.05, 0) is 29.8 Å². The van der Waals surface area contributed by atoms with Gasteiger partial charge in [0.05, 0.1) is 22.2 Å². The number of halogens is 1. The van der Waals surface area contributed by atoms with E-state index in [1.54, 1.807) is 42.5 Å². The van der Waals surface area contributed by atoms with E-state index in [1.165, 1.54) is 6.07 Å². The van der Waals surface area contributed by atoms with Crippen molar-refractivity contribution in [3.8, 4) is 6.07 Å². The minimum absolute atomic E-state index is 0.108. The van der Waals surface area contributed by atoms with E-state index in [0.29, 0.717) is 11.1 Å². The first kappa shape index (κ1) is 16.5. The van der Waals surface area contributed by atoms with E-state index in [2.05, 4.69) is 5.32 Å². The maximum Gasteiger partial charge on any atom is 0.326 e. The average molecular weight is 329 g/mol. The first-order valence-corrected chi connectivity index (χ1v) is 7.16. The molecule has 0 heterocycles. The second kappa shape index (κ2) is 7.43. The van der Waals surface area contributed by atoms with Crippen molar-refractivity contribution in [2.45, 2.75) is 12.5 Å². The molecule has 2 N–H and O–H groups in total. The van der Waals surface area contributed by atoms with Gasteiger partial charge >= 0.3 is 5.97 Å². The highest BCUT2D eigenvalue weighted by Crippen LogP contribution is 2.15. The smallest absolute Gasteiger partial charge is 0.326 e. The van der Waals surface area contributed by atoms with Gasteiger partial charge in [-0.3, -0.25) is 4.79 Å². The quantitative estimate of drug-likeness (QED) is 0.882. The van der Waals surface area contributed by atoms with Gasteiger partial charge in [0.25, 0.3) is 5.91 Å². The molecule has 1 amide bonds. The molecule has 2 aromatic rings. The zero-order chi connectivity index (χ0) is 16.8. The highest BCUT2D eigenvalue weighted by molar-refractivity contribution is 6.33. The molecule has 0 aromatic heterocycles. The van der Waals surface area contributed by atoms with Crippen LogP contribution < -0.4 is 5.32 Å². The van der Waals surface area contributed by atoms with Gasteiger partial charge < -0.3 is 10.4 Å². The van der Waals surface area contributed by atoms with Gasteiger partial charge in [0.1, 0.15) is 6.04 Å². The van der Waals surface area contributed by atoms with Crippen LogP contribution in [0.15, 0.2) is 48.5 Å². The molecule has 1 atom stereocenters. The summed E-state index contributed by atoms with van der Waals surface area (Å²) in [4.78, 5) is 23.5. The summed E-state index contributed by atoms with van der Waals surface area (Å²) >= 11 is 5.94. The lowest BCUT2D eigenvalue weighted by Gasteiger charge is -2.15. The third-order valence-corrected chi connectivity index (χ3v) is 3.57. The fourth-order valence-electron chi connectivity index (χ4n) is 2.03. The highest BCUT2D eigenvalue weighted by Gasteiger charge is 2.22. The summed E-state index contributed by atoms with van der Waals surface area (Å²) in [5.74, 6) is -1.69. The van der Waals surface area contributed by atoms with E-state index < -0.39 is 17.9 Å². The van der Waals surface area contributed by atoms with E-state index in [4.69, 9.17) is 16.9 Å². The predicted octanol–water partition coefficient (Wildman–Crippen LogP) is 2.64. The number of hydrogen-bond acceptors (Lipinski definition) is 3. The van der Waals surface area contributed by atoms with Crippen molar-refractivity contribution in [3.63, 3.8) is 0 Å². The fourth-order valence-corrected chi connectivity index (χ4v) is 2.25. The monoisotopic (exact) mass is 328 g/mol. The van der Waals surface area contributed by atoms with Crippen molar-refractivity contribution in [2.24, 2.45) is 0 Å². The summed E-state index contributed by atoms with van der Waals surface area (Å²) in [6, 6.07) is 13.9. The summed E-state index contributed by atoms with van der Waals surface area (Å²) in [6.07, 6.45) is 0.108. The number of amides is 1. The second-order valence-electron chi connectivity index (χ2n) is 4.86. The third-order valence-electron chi connectivity index (χ3n) is 3.24. The molecule has 0 spiro atoms. The Hall–Kier alpha value is -2.84. The fraction of sp³-hybridized carbons (Fsp3) is 0.118. The van der Waals surface area contributed by atoms with Gasteiger partial charge in [0.15, 0.2) is 0 Å². The molecule has 23 heavy (non-hydrogen) atoms. The summed E-state index contributed by atoms with van der Waals surface area (Å²) < 4.78 is 0. The number of benzene rings is 2. The largest absolute Gasteiger partial charge is 0.480 e. The number of rotatable bonds is 5. The molecule has 0 radical (unpaired) electrons. The van der Waals surface area contributed by atoms with Crippen molar-refractivity contribution >= 4 is 23.5 Å². The molecule has 0 fully saturated rings. The van der Waals surface area contributed by atoms with Gasteiger partial charge in [-0.25, -0.2) is 4.79 Å². The lowest BCUT2D eigenvalue weighted by Crippen LogP contribution is -2.42. The van der Waals surface area contributed by atoms with Crippen molar-refractivity contribution in [1.29, 1.82) is 5.26 Å². The first-order chi connectivity index (χ1) is 11.0. The number of carbonyl (C=O) groups is 2. The second-order valence-corrected chi connectivity index (χ2v) is 5.26. The molecule has 0 unspecified atom stereocenters. The minimum Gasteiger partial charge on any atom is -0.480 e. The molecule has 0 saturated carbocycles. The van der Waals surface area contributed by atoms with E-state index in [-0.39, 0.29) is 17.0 Å². The van der Waals surface area contributed by atoms with Crippen LogP contribution in [-0.2, 0) is 11.2 Å². The van der Waals surface area contributed by atoms with Crippen LogP contribution in [0, 0.1) is 11.3 Å². The molecular weight excluding hydrogens is 316 g/mol. The van der Waals surface area contributed by atoms with Crippen LogP contribution in [0.3, 0.4) is 0 Å². The van der Waals surface area contributed by atoms with Crippen LogP contribution in [0.1, 0.15) is 21.5 Å². The predicted molar refractivity (Wildman–Crippen MR) is 85.2 cm³/mol. The summed E-state index contributed by atoms with van der Waals surface area (Å²) in [7, 11) is 0. The maximum atomic E-state index is 12.2. The lowest BCUT2D eigenvalue weighted by molar-refractivity contribution is -0.139. The van der Waals surface area contributed by atoms with Crippen molar-refractivity contribution < 1.29 is 14.7 Å². The van der Waals surface area contributed by atoms with Crippen LogP contribution in [-0.4, -0.2) is 23.0 Å². The highest BCUT2D eigenvalue weighted by atomic mass is 35.5. The molecule has 6 heteroatoms. The number of carboxylic acid groups (broad SMARTS) is 1. The Balaban J connectivity index is 2.12. The number of nitriles is 1. The summed E-state index contributed by atoms with van der Waals surface area (Å²) in [6.45, 7) is 0. The van der Waals surface area contributed by atoms with E-state index >= 15 is 0 Å².